The highest BCUT2D eigenvalue weighted by molar-refractivity contribution is 14.1. The molecule has 0 fully saturated rings. The maximum Gasteiger partial charge on any atom is 0.268 e. The Labute approximate surface area is 93.1 Å². The van der Waals surface area contributed by atoms with Gasteiger partial charge in [-0.3, -0.25) is 0 Å². The molecule has 6 heteroatoms. The van der Waals surface area contributed by atoms with Crippen LogP contribution in [0.3, 0.4) is 0 Å². The largest absolute Gasteiger partial charge is 0.383 e. The van der Waals surface area contributed by atoms with Crippen molar-refractivity contribution in [1.29, 1.82) is 5.26 Å². The number of rotatable bonds is 2. The molecule has 1 rings (SSSR count). The number of nitrogens with zero attached hydrogens (tertiary/aromatic N) is 2. The number of hydrogen-bond acceptors (Lipinski definition) is 3. The van der Waals surface area contributed by atoms with Crippen LogP contribution in [0.25, 0.3) is 0 Å². The molecule has 0 bridgehead atoms. The lowest BCUT2D eigenvalue weighted by Crippen LogP contribution is -2.04. The second kappa shape index (κ2) is 4.50. The van der Waals surface area contributed by atoms with Crippen LogP contribution in [-0.4, -0.2) is 4.98 Å². The first-order valence-electron chi connectivity index (χ1n) is 3.65. The molecule has 0 aliphatic heterocycles. The molecule has 0 atom stereocenters. The average Bonchev–Trinajstić information content (AvgIpc) is 2.10. The predicted molar refractivity (Wildman–Crippen MR) is 55.6 cm³/mol. The van der Waals surface area contributed by atoms with Gasteiger partial charge in [-0.2, -0.15) is 5.26 Å². The fraction of sp³-hybridized carbons (Fsp3) is 0.250. The van der Waals surface area contributed by atoms with E-state index in [1.165, 1.54) is 6.20 Å². The topological polar surface area (TPSA) is 62.7 Å². The number of anilines is 1. The van der Waals surface area contributed by atoms with E-state index in [9.17, 15) is 8.78 Å². The van der Waals surface area contributed by atoms with Gasteiger partial charge >= 0.3 is 0 Å². The molecule has 1 heterocycles. The second-order valence-electron chi connectivity index (χ2n) is 2.53. The Morgan fingerprint density at radius 2 is 2.29 bits per heavy atom. The van der Waals surface area contributed by atoms with Gasteiger partial charge in [0.25, 0.3) is 6.43 Å². The Kier molecular flexibility index (Phi) is 3.57. The van der Waals surface area contributed by atoms with Gasteiger partial charge in [0.2, 0.25) is 0 Å². The van der Waals surface area contributed by atoms with E-state index in [0.29, 0.717) is 9.13 Å². The standard InChI is InChI=1S/C8H6F2IN3/c9-7(10)5-6(11)4(1-2-12)3-14-8(5)13/h3,7H,1H2,(H2,13,14). The van der Waals surface area contributed by atoms with E-state index in [1.54, 1.807) is 22.6 Å². The van der Waals surface area contributed by atoms with Gasteiger partial charge in [0.15, 0.2) is 0 Å². The molecule has 0 amide bonds. The highest BCUT2D eigenvalue weighted by Crippen LogP contribution is 2.30. The van der Waals surface area contributed by atoms with E-state index in [2.05, 4.69) is 4.98 Å². The van der Waals surface area contributed by atoms with Crippen LogP contribution >= 0.6 is 22.6 Å². The van der Waals surface area contributed by atoms with Crippen LogP contribution in [0.5, 0.6) is 0 Å². The summed E-state index contributed by atoms with van der Waals surface area (Å²) >= 11 is 1.75. The van der Waals surface area contributed by atoms with Crippen molar-refractivity contribution in [2.45, 2.75) is 12.8 Å². The smallest absolute Gasteiger partial charge is 0.268 e. The molecule has 0 unspecified atom stereocenters. The number of nitrogen functional groups attached to an aromatic ring is 1. The minimum atomic E-state index is -2.66. The fourth-order valence-electron chi connectivity index (χ4n) is 0.975. The van der Waals surface area contributed by atoms with Crippen molar-refractivity contribution in [2.24, 2.45) is 0 Å². The Morgan fingerprint density at radius 3 is 2.79 bits per heavy atom. The maximum atomic E-state index is 12.5. The van der Waals surface area contributed by atoms with Crippen LogP contribution in [-0.2, 0) is 6.42 Å². The average molecular weight is 309 g/mol. The van der Waals surface area contributed by atoms with Crippen LogP contribution in [0.2, 0.25) is 0 Å². The summed E-state index contributed by atoms with van der Waals surface area (Å²) in [5.41, 5.74) is 5.51. The highest BCUT2D eigenvalue weighted by Gasteiger charge is 2.18. The van der Waals surface area contributed by atoms with Gasteiger partial charge in [-0.25, -0.2) is 13.8 Å². The summed E-state index contributed by atoms with van der Waals surface area (Å²) in [5.74, 6) is -0.175. The Bertz CT molecular complexity index is 387. The minimum absolute atomic E-state index is 0.0608. The van der Waals surface area contributed by atoms with Crippen molar-refractivity contribution >= 4 is 28.4 Å². The lowest BCUT2D eigenvalue weighted by molar-refractivity contribution is 0.151. The first-order chi connectivity index (χ1) is 6.57. The minimum Gasteiger partial charge on any atom is -0.383 e. The molecule has 0 saturated carbocycles. The van der Waals surface area contributed by atoms with Crippen molar-refractivity contribution in [1.82, 2.24) is 4.98 Å². The van der Waals surface area contributed by atoms with Gasteiger partial charge in [-0.1, -0.05) is 0 Å². The van der Waals surface area contributed by atoms with Crippen LogP contribution in [0.4, 0.5) is 14.6 Å². The normalized spacial score (nSPS) is 10.2. The van der Waals surface area contributed by atoms with E-state index in [0.717, 1.165) is 0 Å². The molecule has 0 aliphatic carbocycles. The van der Waals surface area contributed by atoms with Gasteiger partial charge in [0.1, 0.15) is 5.82 Å². The second-order valence-corrected chi connectivity index (χ2v) is 3.61. The number of nitrogens with two attached hydrogens (primary N) is 1. The highest BCUT2D eigenvalue weighted by atomic mass is 127. The third kappa shape index (κ3) is 2.09. The summed E-state index contributed by atoms with van der Waals surface area (Å²) in [5, 5.41) is 8.44. The molecule has 0 saturated heterocycles. The summed E-state index contributed by atoms with van der Waals surface area (Å²) in [4.78, 5) is 3.62. The third-order valence-electron chi connectivity index (χ3n) is 1.64. The van der Waals surface area contributed by atoms with Crippen LogP contribution in [0, 0.1) is 14.9 Å². The van der Waals surface area contributed by atoms with Crippen LogP contribution in [0.1, 0.15) is 17.6 Å². The molecule has 3 nitrogen and oxygen atoms in total. The van der Waals surface area contributed by atoms with Crippen molar-refractivity contribution in [3.05, 3.63) is 20.9 Å². The third-order valence-corrected chi connectivity index (χ3v) is 2.92. The molecule has 0 aliphatic rings. The molecular formula is C8H6F2IN3. The molecule has 2 N–H and O–H groups in total. The number of aromatic nitrogens is 1. The summed E-state index contributed by atoms with van der Waals surface area (Å²) in [6, 6.07) is 1.88. The SMILES string of the molecule is N#CCc1cnc(N)c(C(F)F)c1I. The summed E-state index contributed by atoms with van der Waals surface area (Å²) in [7, 11) is 0. The monoisotopic (exact) mass is 309 g/mol. The molecule has 74 valence electrons. The number of halogens is 3. The Balaban J connectivity index is 3.28. The zero-order chi connectivity index (χ0) is 10.7. The number of hydrogen-bond donors (Lipinski definition) is 1. The van der Waals surface area contributed by atoms with E-state index in [1.807, 2.05) is 6.07 Å². The van der Waals surface area contributed by atoms with Crippen molar-refractivity contribution in [3.8, 4) is 6.07 Å². The number of alkyl halides is 2. The number of nitriles is 1. The Morgan fingerprint density at radius 1 is 1.64 bits per heavy atom. The van der Waals surface area contributed by atoms with Gasteiger partial charge in [-0.05, 0) is 28.2 Å². The quantitative estimate of drug-likeness (QED) is 0.853. The first-order valence-corrected chi connectivity index (χ1v) is 4.73. The van der Waals surface area contributed by atoms with Gasteiger partial charge in [-0.15, -0.1) is 0 Å². The lowest BCUT2D eigenvalue weighted by atomic mass is 10.1. The molecule has 14 heavy (non-hydrogen) atoms. The Hall–Kier alpha value is -0.970. The van der Waals surface area contributed by atoms with Gasteiger partial charge in [0.05, 0.1) is 18.1 Å². The van der Waals surface area contributed by atoms with Crippen molar-refractivity contribution < 1.29 is 8.78 Å². The molecule has 0 aromatic carbocycles. The fourth-order valence-corrected chi connectivity index (χ4v) is 1.82. The molecule has 0 radical (unpaired) electrons. The molecular weight excluding hydrogens is 303 g/mol. The summed E-state index contributed by atoms with van der Waals surface area (Å²) in [6.07, 6.45) is -1.25. The lowest BCUT2D eigenvalue weighted by Gasteiger charge is -2.08. The van der Waals surface area contributed by atoms with Gasteiger partial charge < -0.3 is 5.73 Å². The maximum absolute atomic E-state index is 12.5. The van der Waals surface area contributed by atoms with Crippen LogP contribution in [0.15, 0.2) is 6.20 Å². The summed E-state index contributed by atoms with van der Waals surface area (Å²) in [6.45, 7) is 0. The summed E-state index contributed by atoms with van der Waals surface area (Å²) < 4.78 is 25.3. The molecule has 1 aromatic heterocycles. The van der Waals surface area contributed by atoms with E-state index >= 15 is 0 Å². The zero-order valence-corrected chi connectivity index (χ0v) is 9.12. The first kappa shape index (κ1) is 11.1. The van der Waals surface area contributed by atoms with E-state index in [-0.39, 0.29) is 17.8 Å². The van der Waals surface area contributed by atoms with Gasteiger partial charge in [0, 0.05) is 9.77 Å². The van der Waals surface area contributed by atoms with Crippen molar-refractivity contribution in [3.63, 3.8) is 0 Å². The number of pyridine rings is 1. The van der Waals surface area contributed by atoms with E-state index in [4.69, 9.17) is 11.0 Å². The van der Waals surface area contributed by atoms with E-state index < -0.39 is 6.43 Å². The molecule has 0 spiro atoms. The van der Waals surface area contributed by atoms with Crippen LogP contribution < -0.4 is 5.73 Å². The predicted octanol–water partition coefficient (Wildman–Crippen LogP) is 2.27. The molecule has 1 aromatic rings. The zero-order valence-electron chi connectivity index (χ0n) is 6.97. The van der Waals surface area contributed by atoms with Crippen molar-refractivity contribution in [2.75, 3.05) is 5.73 Å².